The molecule has 0 unspecified atom stereocenters. The Morgan fingerprint density at radius 2 is 1.34 bits per heavy atom. The molecule has 4 heterocycles. The van der Waals surface area contributed by atoms with Gasteiger partial charge in [-0.25, -0.2) is 4.98 Å². The Kier molecular flexibility index (Phi) is 3.11. The Morgan fingerprint density at radius 3 is 2.29 bits per heavy atom. The van der Waals surface area contributed by atoms with E-state index in [4.69, 9.17) is 4.98 Å². The zero-order valence-electron chi connectivity index (χ0n) is 18.8. The van der Waals surface area contributed by atoms with E-state index in [1.165, 1.54) is 55.4 Å². The van der Waals surface area contributed by atoms with Gasteiger partial charge in [0.05, 0.1) is 22.7 Å². The standard InChI is InChI=1S/C31H18N4/c1-2-4-18-17(3-1)13-24-19(18)5-6-20-21-7-8-28-30(26(21)14-25(20)24)35-29-16-33-12-10-23(29)22-9-11-32-15-27(22)31(35)34-28/h1-12,15-16H,13-14H2. The fourth-order valence-electron chi connectivity index (χ4n) is 6.59. The van der Waals surface area contributed by atoms with Gasteiger partial charge in [0, 0.05) is 35.8 Å². The molecule has 0 atom stereocenters. The topological polar surface area (TPSA) is 43.1 Å². The number of imidazole rings is 1. The lowest BCUT2D eigenvalue weighted by molar-refractivity contribution is 1.16. The van der Waals surface area contributed by atoms with Crippen LogP contribution in [0.2, 0.25) is 0 Å². The fourth-order valence-corrected chi connectivity index (χ4v) is 6.59. The van der Waals surface area contributed by atoms with Crippen molar-refractivity contribution in [1.29, 1.82) is 0 Å². The van der Waals surface area contributed by atoms with Crippen molar-refractivity contribution in [3.63, 3.8) is 0 Å². The molecule has 0 saturated carbocycles. The zero-order chi connectivity index (χ0) is 22.7. The fraction of sp³-hybridized carbons (Fsp3) is 0.0645. The number of hydrogen-bond acceptors (Lipinski definition) is 3. The molecule has 3 aromatic carbocycles. The van der Waals surface area contributed by atoms with Gasteiger partial charge in [0.1, 0.15) is 5.65 Å². The van der Waals surface area contributed by atoms with E-state index in [0.29, 0.717) is 0 Å². The van der Waals surface area contributed by atoms with E-state index >= 15 is 0 Å². The highest BCUT2D eigenvalue weighted by Gasteiger charge is 2.30. The molecule has 4 heteroatoms. The summed E-state index contributed by atoms with van der Waals surface area (Å²) in [6.07, 6.45) is 9.58. The van der Waals surface area contributed by atoms with Gasteiger partial charge in [0.2, 0.25) is 0 Å². The summed E-state index contributed by atoms with van der Waals surface area (Å²) in [7, 11) is 0. The second kappa shape index (κ2) is 6.10. The predicted octanol–water partition coefficient (Wildman–Crippen LogP) is 6.73. The van der Waals surface area contributed by atoms with Gasteiger partial charge in [-0.15, -0.1) is 0 Å². The highest BCUT2D eigenvalue weighted by Crippen LogP contribution is 2.48. The molecular weight excluding hydrogens is 428 g/mol. The third-order valence-corrected chi connectivity index (χ3v) is 8.07. The number of fused-ring (bicyclic) bond motifs is 16. The summed E-state index contributed by atoms with van der Waals surface area (Å²) in [6, 6.07) is 22.1. The maximum absolute atomic E-state index is 5.13. The van der Waals surface area contributed by atoms with Gasteiger partial charge in [-0.2, -0.15) is 0 Å². The van der Waals surface area contributed by atoms with Crippen molar-refractivity contribution in [3.8, 4) is 22.3 Å². The van der Waals surface area contributed by atoms with Gasteiger partial charge in [-0.05, 0) is 74.5 Å². The second-order valence-corrected chi connectivity index (χ2v) is 9.67. The van der Waals surface area contributed by atoms with Crippen LogP contribution in [0.5, 0.6) is 0 Å². The zero-order valence-corrected chi connectivity index (χ0v) is 18.8. The Bertz CT molecular complexity index is 2070. The van der Waals surface area contributed by atoms with E-state index in [-0.39, 0.29) is 0 Å². The number of hydrogen-bond donors (Lipinski definition) is 0. The van der Waals surface area contributed by atoms with Gasteiger partial charge >= 0.3 is 0 Å². The normalized spacial score (nSPS) is 13.5. The highest BCUT2D eigenvalue weighted by molar-refractivity contribution is 6.14. The van der Waals surface area contributed by atoms with Crippen LogP contribution in [0.1, 0.15) is 22.3 Å². The van der Waals surface area contributed by atoms with Crippen LogP contribution >= 0.6 is 0 Å². The molecule has 0 bridgehead atoms. The molecule has 0 radical (unpaired) electrons. The molecule has 7 aromatic rings. The van der Waals surface area contributed by atoms with E-state index < -0.39 is 0 Å². The number of rotatable bonds is 0. The third-order valence-electron chi connectivity index (χ3n) is 8.07. The highest BCUT2D eigenvalue weighted by atomic mass is 15.0. The van der Waals surface area contributed by atoms with E-state index in [1.54, 1.807) is 0 Å². The minimum Gasteiger partial charge on any atom is -0.290 e. The minimum atomic E-state index is 0.930. The first kappa shape index (κ1) is 17.8. The maximum atomic E-state index is 5.13. The van der Waals surface area contributed by atoms with Crippen LogP contribution in [0, 0.1) is 0 Å². The lowest BCUT2D eigenvalue weighted by Gasteiger charge is -2.09. The smallest absolute Gasteiger partial charge is 0.148 e. The largest absolute Gasteiger partial charge is 0.290 e. The molecule has 9 rings (SSSR count). The molecule has 2 aliphatic rings. The van der Waals surface area contributed by atoms with Crippen molar-refractivity contribution in [2.45, 2.75) is 12.8 Å². The number of nitrogens with zero attached hydrogens (tertiary/aromatic N) is 4. The Balaban J connectivity index is 1.39. The van der Waals surface area contributed by atoms with Crippen molar-refractivity contribution in [2.24, 2.45) is 0 Å². The van der Waals surface area contributed by atoms with Crippen molar-refractivity contribution in [1.82, 2.24) is 19.4 Å². The molecule has 0 amide bonds. The molecule has 4 nitrogen and oxygen atoms in total. The van der Waals surface area contributed by atoms with Crippen molar-refractivity contribution in [2.75, 3.05) is 0 Å². The molecule has 0 N–H and O–H groups in total. The Morgan fingerprint density at radius 1 is 0.600 bits per heavy atom. The van der Waals surface area contributed by atoms with E-state index in [9.17, 15) is 0 Å². The van der Waals surface area contributed by atoms with Gasteiger partial charge in [0.25, 0.3) is 0 Å². The quantitative estimate of drug-likeness (QED) is 0.243. The molecule has 0 spiro atoms. The van der Waals surface area contributed by atoms with E-state index in [2.05, 4.69) is 75.0 Å². The Hall–Kier alpha value is -4.57. The van der Waals surface area contributed by atoms with Gasteiger partial charge in [0.15, 0.2) is 0 Å². The molecule has 35 heavy (non-hydrogen) atoms. The maximum Gasteiger partial charge on any atom is 0.148 e. The molecule has 2 aliphatic carbocycles. The monoisotopic (exact) mass is 446 g/mol. The van der Waals surface area contributed by atoms with Crippen LogP contribution in [-0.4, -0.2) is 19.4 Å². The van der Waals surface area contributed by atoms with Crippen LogP contribution in [0.4, 0.5) is 0 Å². The summed E-state index contributed by atoms with van der Waals surface area (Å²) in [6.45, 7) is 0. The van der Waals surface area contributed by atoms with Crippen LogP contribution in [0.3, 0.4) is 0 Å². The summed E-state index contributed by atoms with van der Waals surface area (Å²) in [4.78, 5) is 14.1. The van der Waals surface area contributed by atoms with Gasteiger partial charge in [-0.3, -0.25) is 14.4 Å². The van der Waals surface area contributed by atoms with Crippen molar-refractivity contribution in [3.05, 3.63) is 108 Å². The molecular formula is C31H18N4. The molecule has 4 aromatic heterocycles. The van der Waals surface area contributed by atoms with E-state index in [1.807, 2.05) is 24.8 Å². The summed E-state index contributed by atoms with van der Waals surface area (Å²) in [5.41, 5.74) is 15.5. The predicted molar refractivity (Wildman–Crippen MR) is 140 cm³/mol. The number of benzene rings is 3. The minimum absolute atomic E-state index is 0.930. The molecule has 0 saturated heterocycles. The van der Waals surface area contributed by atoms with Crippen LogP contribution < -0.4 is 0 Å². The summed E-state index contributed by atoms with van der Waals surface area (Å²) in [5, 5.41) is 3.41. The number of pyridine rings is 3. The lowest BCUT2D eigenvalue weighted by atomic mass is 9.96. The van der Waals surface area contributed by atoms with Crippen molar-refractivity contribution >= 4 is 38.4 Å². The molecule has 0 fully saturated rings. The first-order valence-electron chi connectivity index (χ1n) is 12.0. The van der Waals surface area contributed by atoms with Crippen LogP contribution in [0.25, 0.3) is 60.6 Å². The third kappa shape index (κ3) is 2.11. The first-order chi connectivity index (χ1) is 17.4. The van der Waals surface area contributed by atoms with Crippen molar-refractivity contribution < 1.29 is 0 Å². The Labute approximate surface area is 200 Å². The average Bonchev–Trinajstić information content (AvgIpc) is 3.59. The molecule has 0 aliphatic heterocycles. The average molecular weight is 447 g/mol. The summed E-state index contributed by atoms with van der Waals surface area (Å²) >= 11 is 0. The number of aromatic nitrogens is 4. The lowest BCUT2D eigenvalue weighted by Crippen LogP contribution is -1.95. The second-order valence-electron chi connectivity index (χ2n) is 9.67. The van der Waals surface area contributed by atoms with Crippen LogP contribution in [-0.2, 0) is 12.8 Å². The van der Waals surface area contributed by atoms with Gasteiger partial charge < -0.3 is 0 Å². The first-order valence-corrected chi connectivity index (χ1v) is 12.0. The van der Waals surface area contributed by atoms with E-state index in [0.717, 1.165) is 40.3 Å². The summed E-state index contributed by atoms with van der Waals surface area (Å²) in [5.74, 6) is 0. The SMILES string of the molecule is c1ccc2c(c1)Cc1c-2ccc2c1Cc1c-2ccc2nc3c4cnccc4c4ccncc4n3c12. The molecule has 162 valence electrons. The van der Waals surface area contributed by atoms with Crippen LogP contribution in [0.15, 0.2) is 85.5 Å². The van der Waals surface area contributed by atoms with Gasteiger partial charge in [-0.1, -0.05) is 42.5 Å². The summed E-state index contributed by atoms with van der Waals surface area (Å²) < 4.78 is 2.32.